The van der Waals surface area contributed by atoms with Gasteiger partial charge < -0.3 is 19.5 Å². The minimum Gasteiger partial charge on any atom is -0.387 e. The average molecular weight is 268 g/mol. The topological polar surface area (TPSA) is 54.8 Å². The molecule has 0 bridgehead atoms. The Kier molecular flexibility index (Phi) is 7.40. The molecule has 0 saturated carbocycles. The first-order valence-corrected chi connectivity index (χ1v) is 6.56. The van der Waals surface area contributed by atoms with Crippen LogP contribution in [-0.2, 0) is 9.47 Å². The minimum atomic E-state index is -0.532. The van der Waals surface area contributed by atoms with E-state index < -0.39 is 6.10 Å². The standard InChI is InChI=1S/C14H24N2O3/c1-12(17)14-6-5-13(11-15-14)16(8-10-19-3)7-4-9-18-2/h5-6,11-12,17H,4,7-10H2,1-3H3/t12-/m0/s1. The minimum absolute atomic E-state index is 0.532. The number of aromatic nitrogens is 1. The van der Waals surface area contributed by atoms with Crippen molar-refractivity contribution in [3.63, 3.8) is 0 Å². The van der Waals surface area contributed by atoms with E-state index in [-0.39, 0.29) is 0 Å². The molecule has 0 unspecified atom stereocenters. The maximum atomic E-state index is 9.46. The summed E-state index contributed by atoms with van der Waals surface area (Å²) in [5.74, 6) is 0. The molecule has 19 heavy (non-hydrogen) atoms. The summed E-state index contributed by atoms with van der Waals surface area (Å²) >= 11 is 0. The van der Waals surface area contributed by atoms with Gasteiger partial charge in [0.2, 0.25) is 0 Å². The zero-order valence-electron chi connectivity index (χ0n) is 12.0. The molecule has 0 radical (unpaired) electrons. The molecule has 0 aromatic carbocycles. The Balaban J connectivity index is 2.66. The lowest BCUT2D eigenvalue weighted by Gasteiger charge is -2.24. The summed E-state index contributed by atoms with van der Waals surface area (Å²) in [6, 6.07) is 3.84. The molecule has 5 nitrogen and oxygen atoms in total. The fourth-order valence-electron chi connectivity index (χ4n) is 1.80. The van der Waals surface area contributed by atoms with Gasteiger partial charge in [-0.1, -0.05) is 0 Å². The summed E-state index contributed by atoms with van der Waals surface area (Å²) in [5, 5.41) is 9.46. The zero-order valence-corrected chi connectivity index (χ0v) is 12.0. The Labute approximate surface area is 115 Å². The van der Waals surface area contributed by atoms with E-state index in [0.717, 1.165) is 31.8 Å². The molecule has 1 aromatic heterocycles. The number of methoxy groups -OCH3 is 2. The van der Waals surface area contributed by atoms with Crippen LogP contribution in [-0.4, -0.2) is 50.6 Å². The van der Waals surface area contributed by atoms with Gasteiger partial charge in [-0.15, -0.1) is 0 Å². The third-order valence-corrected chi connectivity index (χ3v) is 2.91. The lowest BCUT2D eigenvalue weighted by molar-refractivity contribution is 0.190. The van der Waals surface area contributed by atoms with Crippen molar-refractivity contribution in [3.8, 4) is 0 Å². The van der Waals surface area contributed by atoms with Crippen molar-refractivity contribution in [3.05, 3.63) is 24.0 Å². The fraction of sp³-hybridized carbons (Fsp3) is 0.643. The van der Waals surface area contributed by atoms with Crippen LogP contribution in [0.1, 0.15) is 25.1 Å². The first-order valence-electron chi connectivity index (χ1n) is 6.56. The molecule has 1 aromatic rings. The number of anilines is 1. The molecule has 0 spiro atoms. The molecule has 108 valence electrons. The molecule has 1 rings (SSSR count). The van der Waals surface area contributed by atoms with Crippen molar-refractivity contribution in [2.45, 2.75) is 19.4 Å². The summed E-state index contributed by atoms with van der Waals surface area (Å²) < 4.78 is 10.2. The van der Waals surface area contributed by atoms with E-state index in [2.05, 4.69) is 9.88 Å². The molecule has 0 aliphatic heterocycles. The van der Waals surface area contributed by atoms with Gasteiger partial charge >= 0.3 is 0 Å². The van der Waals surface area contributed by atoms with Gasteiger partial charge in [0, 0.05) is 33.9 Å². The highest BCUT2D eigenvalue weighted by Gasteiger charge is 2.08. The molecule has 1 atom stereocenters. The number of aliphatic hydroxyl groups is 1. The Morgan fingerprint density at radius 2 is 1.95 bits per heavy atom. The summed E-state index contributed by atoms with van der Waals surface area (Å²) in [4.78, 5) is 6.48. The van der Waals surface area contributed by atoms with Crippen LogP contribution in [0, 0.1) is 0 Å². The van der Waals surface area contributed by atoms with Crippen LogP contribution in [0.4, 0.5) is 5.69 Å². The lowest BCUT2D eigenvalue weighted by atomic mass is 10.2. The van der Waals surface area contributed by atoms with Gasteiger partial charge in [-0.25, -0.2) is 0 Å². The van der Waals surface area contributed by atoms with Crippen LogP contribution in [0.5, 0.6) is 0 Å². The molecule has 0 fully saturated rings. The predicted octanol–water partition coefficient (Wildman–Crippen LogP) is 1.62. The third-order valence-electron chi connectivity index (χ3n) is 2.91. The van der Waals surface area contributed by atoms with Gasteiger partial charge in [-0.3, -0.25) is 4.98 Å². The maximum Gasteiger partial charge on any atom is 0.0931 e. The normalized spacial score (nSPS) is 12.4. The van der Waals surface area contributed by atoms with E-state index in [1.165, 1.54) is 0 Å². The molecule has 1 heterocycles. The van der Waals surface area contributed by atoms with Crippen molar-refractivity contribution in [2.75, 3.05) is 45.4 Å². The third kappa shape index (κ3) is 5.55. The summed E-state index contributed by atoms with van der Waals surface area (Å²) in [6.45, 7) is 4.83. The molecule has 0 amide bonds. The number of nitrogens with zero attached hydrogens (tertiary/aromatic N) is 2. The van der Waals surface area contributed by atoms with Gasteiger partial charge in [-0.2, -0.15) is 0 Å². The second kappa shape index (κ2) is 8.85. The van der Waals surface area contributed by atoms with E-state index in [1.54, 1.807) is 27.3 Å². The van der Waals surface area contributed by atoms with Crippen LogP contribution in [0.15, 0.2) is 18.3 Å². The molecule has 0 saturated heterocycles. The van der Waals surface area contributed by atoms with Crippen LogP contribution < -0.4 is 4.90 Å². The highest BCUT2D eigenvalue weighted by Crippen LogP contribution is 2.16. The van der Waals surface area contributed by atoms with Gasteiger partial charge in [-0.05, 0) is 25.5 Å². The highest BCUT2D eigenvalue weighted by atomic mass is 16.5. The van der Waals surface area contributed by atoms with Crippen molar-refractivity contribution in [1.82, 2.24) is 4.98 Å². The van der Waals surface area contributed by atoms with Gasteiger partial charge in [0.25, 0.3) is 0 Å². The second-order valence-electron chi connectivity index (χ2n) is 4.44. The highest BCUT2D eigenvalue weighted by molar-refractivity contribution is 5.44. The van der Waals surface area contributed by atoms with Crippen LogP contribution >= 0.6 is 0 Å². The largest absolute Gasteiger partial charge is 0.387 e. The maximum absolute atomic E-state index is 9.46. The molecular weight excluding hydrogens is 244 g/mol. The second-order valence-corrected chi connectivity index (χ2v) is 4.44. The van der Waals surface area contributed by atoms with Gasteiger partial charge in [0.1, 0.15) is 0 Å². The Morgan fingerprint density at radius 3 is 2.47 bits per heavy atom. The smallest absolute Gasteiger partial charge is 0.0931 e. The fourth-order valence-corrected chi connectivity index (χ4v) is 1.80. The van der Waals surface area contributed by atoms with Crippen LogP contribution in [0.2, 0.25) is 0 Å². The van der Waals surface area contributed by atoms with E-state index in [1.807, 2.05) is 12.1 Å². The molecular formula is C14H24N2O3. The number of ether oxygens (including phenoxy) is 2. The van der Waals surface area contributed by atoms with Crippen molar-refractivity contribution in [2.24, 2.45) is 0 Å². The summed E-state index contributed by atoms with van der Waals surface area (Å²) in [7, 11) is 3.40. The van der Waals surface area contributed by atoms with E-state index in [4.69, 9.17) is 9.47 Å². The summed E-state index contributed by atoms with van der Waals surface area (Å²) in [6.07, 6.45) is 2.22. The van der Waals surface area contributed by atoms with E-state index in [9.17, 15) is 5.11 Å². The lowest BCUT2D eigenvalue weighted by Crippen LogP contribution is -2.29. The quantitative estimate of drug-likeness (QED) is 0.690. The molecule has 1 N–H and O–H groups in total. The SMILES string of the molecule is COCCCN(CCOC)c1ccc([C@H](C)O)nc1. The number of rotatable bonds is 9. The molecule has 0 aliphatic carbocycles. The van der Waals surface area contributed by atoms with Crippen LogP contribution in [0.3, 0.4) is 0 Å². The van der Waals surface area contributed by atoms with Crippen molar-refractivity contribution < 1.29 is 14.6 Å². The Morgan fingerprint density at radius 1 is 1.21 bits per heavy atom. The number of pyridine rings is 1. The zero-order chi connectivity index (χ0) is 14.1. The Hall–Kier alpha value is -1.17. The number of hydrogen-bond donors (Lipinski definition) is 1. The van der Waals surface area contributed by atoms with E-state index >= 15 is 0 Å². The predicted molar refractivity (Wildman–Crippen MR) is 75.5 cm³/mol. The molecule has 5 heteroatoms. The van der Waals surface area contributed by atoms with Crippen LogP contribution in [0.25, 0.3) is 0 Å². The van der Waals surface area contributed by atoms with Crippen molar-refractivity contribution in [1.29, 1.82) is 0 Å². The van der Waals surface area contributed by atoms with Gasteiger partial charge in [0.15, 0.2) is 0 Å². The number of hydrogen-bond acceptors (Lipinski definition) is 5. The Bertz CT molecular complexity index is 341. The monoisotopic (exact) mass is 268 g/mol. The van der Waals surface area contributed by atoms with E-state index in [0.29, 0.717) is 12.3 Å². The number of aliphatic hydroxyl groups excluding tert-OH is 1. The summed E-state index contributed by atoms with van der Waals surface area (Å²) in [5.41, 5.74) is 1.73. The molecule has 0 aliphatic rings. The van der Waals surface area contributed by atoms with Gasteiger partial charge in [0.05, 0.1) is 30.3 Å². The first kappa shape index (κ1) is 15.9. The van der Waals surface area contributed by atoms with Crippen molar-refractivity contribution >= 4 is 5.69 Å². The first-order chi connectivity index (χ1) is 9.19. The average Bonchev–Trinajstić information content (AvgIpc) is 2.43.